The maximum Gasteiger partial charge on any atom is 0.296 e. The summed E-state index contributed by atoms with van der Waals surface area (Å²) in [6, 6.07) is 13.6. The van der Waals surface area contributed by atoms with E-state index in [1.54, 1.807) is 44.2 Å². The fraction of sp³-hybridized carbons (Fsp3) is 0.261. The number of hydrogen-bond acceptors (Lipinski definition) is 8. The van der Waals surface area contributed by atoms with Gasteiger partial charge in [0.05, 0.1) is 10.9 Å². The molecule has 0 aliphatic carbocycles. The predicted octanol–water partition coefficient (Wildman–Crippen LogP) is 2.33. The first-order valence-electron chi connectivity index (χ1n) is 10.8. The molecule has 4 rings (SSSR count). The van der Waals surface area contributed by atoms with Crippen molar-refractivity contribution in [3.8, 4) is 11.4 Å². The standard InChI is InChI=1S/C23H23N5O5S/c1-3-16(19(29)23-26-20(27-33-23)14-10-6-5-7-11-14)25-22(30)17(4-2)24-21-15-12-8-9-13-18(15)34(31,32)28-21/h5-13,16-17H,3-4H2,1-2H3,(H,24,28)(H,25,30)/t16-,17-/m0/s1. The Hall–Kier alpha value is -3.86. The number of carbonyl (C=O) groups excluding carboxylic acids is 2. The molecule has 1 amide bonds. The Kier molecular flexibility index (Phi) is 6.55. The second kappa shape index (κ2) is 9.56. The summed E-state index contributed by atoms with van der Waals surface area (Å²) in [6.07, 6.45) is 0.582. The van der Waals surface area contributed by atoms with Crippen LogP contribution in [0.15, 0.2) is 69.0 Å². The van der Waals surface area contributed by atoms with Crippen LogP contribution in [0.1, 0.15) is 42.9 Å². The first kappa shape index (κ1) is 23.3. The second-order valence-corrected chi connectivity index (χ2v) is 9.28. The SMILES string of the molecule is CC[C@H](N=C1NS(=O)(=O)c2ccccc21)C(=O)N[C@@H](CC)C(=O)c1nc(-c2ccccc2)no1. The Balaban J connectivity index is 1.51. The van der Waals surface area contributed by atoms with Gasteiger partial charge in [0.25, 0.3) is 15.9 Å². The predicted molar refractivity (Wildman–Crippen MR) is 124 cm³/mol. The number of Topliss-reactive ketones (excluding diaryl/α,β-unsaturated/α-hetero) is 1. The molecule has 1 aliphatic rings. The van der Waals surface area contributed by atoms with Crippen molar-refractivity contribution in [2.75, 3.05) is 0 Å². The third-order valence-corrected chi connectivity index (χ3v) is 6.74. The molecule has 0 spiro atoms. The third-order valence-electron chi connectivity index (χ3n) is 5.35. The second-order valence-electron chi connectivity index (χ2n) is 7.63. The van der Waals surface area contributed by atoms with Gasteiger partial charge >= 0.3 is 0 Å². The summed E-state index contributed by atoms with van der Waals surface area (Å²) in [5, 5.41) is 6.53. The van der Waals surface area contributed by atoms with Gasteiger partial charge < -0.3 is 9.84 Å². The molecular formula is C23H23N5O5S. The smallest absolute Gasteiger partial charge is 0.296 e. The lowest BCUT2D eigenvalue weighted by Crippen LogP contribution is -2.45. The van der Waals surface area contributed by atoms with Crippen LogP contribution in [-0.2, 0) is 14.8 Å². The highest BCUT2D eigenvalue weighted by atomic mass is 32.2. The molecule has 0 bridgehead atoms. The van der Waals surface area contributed by atoms with Gasteiger partial charge in [-0.2, -0.15) is 4.98 Å². The average Bonchev–Trinajstić information content (AvgIpc) is 3.44. The van der Waals surface area contributed by atoms with E-state index in [-0.39, 0.29) is 28.9 Å². The Morgan fingerprint density at radius 3 is 2.47 bits per heavy atom. The van der Waals surface area contributed by atoms with Crippen LogP contribution in [0.25, 0.3) is 11.4 Å². The number of aromatic nitrogens is 2. The summed E-state index contributed by atoms with van der Waals surface area (Å²) < 4.78 is 32.2. The molecule has 2 atom stereocenters. The van der Waals surface area contributed by atoms with Gasteiger partial charge in [-0.25, -0.2) is 8.42 Å². The first-order chi connectivity index (χ1) is 16.3. The molecule has 0 saturated heterocycles. The minimum absolute atomic E-state index is 0.0985. The zero-order chi connectivity index (χ0) is 24.3. The number of amides is 1. The lowest BCUT2D eigenvalue weighted by atomic mass is 10.1. The Morgan fingerprint density at radius 2 is 1.76 bits per heavy atom. The van der Waals surface area contributed by atoms with Crippen molar-refractivity contribution in [2.24, 2.45) is 4.99 Å². The van der Waals surface area contributed by atoms with Gasteiger partial charge in [0.2, 0.25) is 17.5 Å². The van der Waals surface area contributed by atoms with Crippen molar-refractivity contribution in [2.45, 2.75) is 43.7 Å². The van der Waals surface area contributed by atoms with Crippen LogP contribution in [0.4, 0.5) is 0 Å². The van der Waals surface area contributed by atoms with E-state index in [4.69, 9.17) is 4.52 Å². The van der Waals surface area contributed by atoms with Crippen molar-refractivity contribution in [3.05, 3.63) is 66.1 Å². The molecule has 0 fully saturated rings. The van der Waals surface area contributed by atoms with Crippen molar-refractivity contribution >= 4 is 27.5 Å². The molecule has 2 N–H and O–H groups in total. The fourth-order valence-corrected chi connectivity index (χ4v) is 4.76. The number of carbonyl (C=O) groups is 2. The van der Waals surface area contributed by atoms with E-state index < -0.39 is 33.8 Å². The zero-order valence-electron chi connectivity index (χ0n) is 18.6. The number of nitrogens with zero attached hydrogens (tertiary/aromatic N) is 3. The van der Waals surface area contributed by atoms with Crippen LogP contribution in [0.3, 0.4) is 0 Å². The Labute approximate surface area is 196 Å². The van der Waals surface area contributed by atoms with E-state index in [0.29, 0.717) is 17.5 Å². The third kappa shape index (κ3) is 4.60. The maximum atomic E-state index is 13.0. The molecule has 0 radical (unpaired) electrons. The number of sulfonamides is 1. The maximum absolute atomic E-state index is 13.0. The molecule has 3 aromatic rings. The minimum atomic E-state index is -3.73. The summed E-state index contributed by atoms with van der Waals surface area (Å²) in [5.41, 5.74) is 1.10. The number of ketones is 1. The zero-order valence-corrected chi connectivity index (χ0v) is 19.4. The number of hydrogen-bond donors (Lipinski definition) is 2. The Morgan fingerprint density at radius 1 is 1.06 bits per heavy atom. The van der Waals surface area contributed by atoms with Crippen LogP contribution >= 0.6 is 0 Å². The van der Waals surface area contributed by atoms with Crippen molar-refractivity contribution < 1.29 is 22.5 Å². The molecule has 2 aromatic carbocycles. The highest BCUT2D eigenvalue weighted by molar-refractivity contribution is 7.90. The average molecular weight is 482 g/mol. The summed E-state index contributed by atoms with van der Waals surface area (Å²) in [6.45, 7) is 3.49. The van der Waals surface area contributed by atoms with Crippen LogP contribution in [0.5, 0.6) is 0 Å². The minimum Gasteiger partial charge on any atom is -0.344 e. The number of benzene rings is 2. The quantitative estimate of drug-likeness (QED) is 0.470. The van der Waals surface area contributed by atoms with Gasteiger partial charge in [-0.05, 0) is 25.0 Å². The van der Waals surface area contributed by atoms with Crippen molar-refractivity contribution in [3.63, 3.8) is 0 Å². The number of amidine groups is 1. The van der Waals surface area contributed by atoms with Crippen molar-refractivity contribution in [1.29, 1.82) is 0 Å². The van der Waals surface area contributed by atoms with Crippen LogP contribution < -0.4 is 10.0 Å². The molecule has 34 heavy (non-hydrogen) atoms. The lowest BCUT2D eigenvalue weighted by Gasteiger charge is -2.17. The van der Waals surface area contributed by atoms with Crippen molar-refractivity contribution in [1.82, 2.24) is 20.2 Å². The summed E-state index contributed by atoms with van der Waals surface area (Å²) >= 11 is 0. The van der Waals surface area contributed by atoms with E-state index in [0.717, 1.165) is 0 Å². The first-order valence-corrected chi connectivity index (χ1v) is 12.3. The Bertz CT molecular complexity index is 1350. The molecule has 11 heteroatoms. The number of rotatable bonds is 8. The monoisotopic (exact) mass is 481 g/mol. The molecule has 1 aliphatic heterocycles. The van der Waals surface area contributed by atoms with Gasteiger partial charge in [-0.3, -0.25) is 19.3 Å². The summed E-state index contributed by atoms with van der Waals surface area (Å²) in [4.78, 5) is 34.5. The summed E-state index contributed by atoms with van der Waals surface area (Å²) in [7, 11) is -3.73. The van der Waals surface area contributed by atoms with Gasteiger partial charge in [0.15, 0.2) is 0 Å². The largest absolute Gasteiger partial charge is 0.344 e. The molecule has 176 valence electrons. The van der Waals surface area contributed by atoms with Crippen LogP contribution in [-0.4, -0.2) is 48.2 Å². The highest BCUT2D eigenvalue weighted by Crippen LogP contribution is 2.23. The molecule has 2 heterocycles. The van der Waals surface area contributed by atoms with Gasteiger partial charge in [0, 0.05) is 11.1 Å². The van der Waals surface area contributed by atoms with Gasteiger partial charge in [-0.15, -0.1) is 0 Å². The summed E-state index contributed by atoms with van der Waals surface area (Å²) in [5.74, 6) is -0.860. The molecule has 0 saturated carbocycles. The molecule has 1 aromatic heterocycles. The topological polar surface area (TPSA) is 144 Å². The number of fused-ring (bicyclic) bond motifs is 1. The normalized spacial score (nSPS) is 16.9. The van der Waals surface area contributed by atoms with E-state index in [9.17, 15) is 18.0 Å². The molecule has 10 nitrogen and oxygen atoms in total. The fourth-order valence-electron chi connectivity index (χ4n) is 3.52. The van der Waals surface area contributed by atoms with E-state index in [2.05, 4.69) is 25.2 Å². The van der Waals surface area contributed by atoms with E-state index in [1.165, 1.54) is 6.07 Å². The number of nitrogens with one attached hydrogen (secondary N) is 2. The van der Waals surface area contributed by atoms with Crippen LogP contribution in [0, 0.1) is 0 Å². The lowest BCUT2D eigenvalue weighted by molar-refractivity contribution is -0.122. The number of aliphatic imine (C=N–C) groups is 1. The van der Waals surface area contributed by atoms with Crippen LogP contribution in [0.2, 0.25) is 0 Å². The van der Waals surface area contributed by atoms with Gasteiger partial charge in [0.1, 0.15) is 11.9 Å². The molecule has 0 unspecified atom stereocenters. The highest BCUT2D eigenvalue weighted by Gasteiger charge is 2.33. The van der Waals surface area contributed by atoms with E-state index in [1.807, 2.05) is 18.2 Å². The van der Waals surface area contributed by atoms with Gasteiger partial charge in [-0.1, -0.05) is 61.5 Å². The molecular weight excluding hydrogens is 458 g/mol. The van der Waals surface area contributed by atoms with E-state index >= 15 is 0 Å².